The van der Waals surface area contributed by atoms with Crippen LogP contribution in [0, 0.1) is 0 Å². The molecule has 0 spiro atoms. The molecule has 17 heavy (non-hydrogen) atoms. The van der Waals surface area contributed by atoms with E-state index in [1.807, 2.05) is 0 Å². The summed E-state index contributed by atoms with van der Waals surface area (Å²) in [6.07, 6.45) is 2.43. The largest absolute Gasteiger partial charge is 0.391 e. The predicted molar refractivity (Wildman–Crippen MR) is 61.9 cm³/mol. The van der Waals surface area contributed by atoms with E-state index in [1.165, 1.54) is 19.5 Å². The van der Waals surface area contributed by atoms with E-state index in [1.54, 1.807) is 0 Å². The second-order valence-corrected chi connectivity index (χ2v) is 3.77. The smallest absolute Gasteiger partial charge is 0.271 e. The maximum Gasteiger partial charge on any atom is 0.271 e. The van der Waals surface area contributed by atoms with Gasteiger partial charge in [0.15, 0.2) is 0 Å². The van der Waals surface area contributed by atoms with E-state index in [2.05, 4.69) is 15.3 Å². The summed E-state index contributed by atoms with van der Waals surface area (Å²) in [5.41, 5.74) is 0.190. The first-order valence-electron chi connectivity index (χ1n) is 5.06. The number of methoxy groups -OCH3 is 1. The molecule has 0 aliphatic carbocycles. The van der Waals surface area contributed by atoms with Gasteiger partial charge in [-0.3, -0.25) is 4.79 Å². The second kappa shape index (κ2) is 7.16. The van der Waals surface area contributed by atoms with Gasteiger partial charge < -0.3 is 15.2 Å². The van der Waals surface area contributed by atoms with Gasteiger partial charge in [-0.25, -0.2) is 9.97 Å². The third-order valence-electron chi connectivity index (χ3n) is 1.98. The highest BCUT2D eigenvalue weighted by Gasteiger charge is 2.08. The van der Waals surface area contributed by atoms with E-state index in [0.29, 0.717) is 13.0 Å². The summed E-state index contributed by atoms with van der Waals surface area (Å²) in [7, 11) is 1.51. The Labute approximate surface area is 104 Å². The lowest BCUT2D eigenvalue weighted by Gasteiger charge is -2.09. The molecule has 1 heterocycles. The maximum absolute atomic E-state index is 11.5. The van der Waals surface area contributed by atoms with Crippen molar-refractivity contribution < 1.29 is 14.6 Å². The molecule has 94 valence electrons. The second-order valence-electron chi connectivity index (χ2n) is 3.38. The molecule has 2 N–H and O–H groups in total. The highest BCUT2D eigenvalue weighted by molar-refractivity contribution is 6.29. The molecule has 0 radical (unpaired) electrons. The molecule has 0 aliphatic heterocycles. The number of halogens is 1. The predicted octanol–water partition coefficient (Wildman–Crippen LogP) is 0.257. The van der Waals surface area contributed by atoms with Crippen LogP contribution in [0.4, 0.5) is 0 Å². The van der Waals surface area contributed by atoms with Crippen molar-refractivity contribution in [3.63, 3.8) is 0 Å². The molecular formula is C10H14ClN3O3. The number of carbonyl (C=O) groups excluding carboxylic acids is 1. The van der Waals surface area contributed by atoms with Crippen molar-refractivity contribution in [3.8, 4) is 0 Å². The molecule has 0 fully saturated rings. The zero-order chi connectivity index (χ0) is 12.7. The summed E-state index contributed by atoms with van der Waals surface area (Å²) in [6.45, 7) is 0.588. The van der Waals surface area contributed by atoms with Crippen LogP contribution in [-0.4, -0.2) is 47.3 Å². The summed E-state index contributed by atoms with van der Waals surface area (Å²) in [4.78, 5) is 19.1. The summed E-state index contributed by atoms with van der Waals surface area (Å²) >= 11 is 5.54. The minimum absolute atomic E-state index is 0.190. The van der Waals surface area contributed by atoms with Gasteiger partial charge in [-0.15, -0.1) is 0 Å². The number of aromatic nitrogens is 2. The van der Waals surface area contributed by atoms with Gasteiger partial charge in [0, 0.05) is 13.7 Å². The third-order valence-corrected chi connectivity index (χ3v) is 2.17. The number of hydrogen-bond donors (Lipinski definition) is 2. The van der Waals surface area contributed by atoms with Crippen molar-refractivity contribution in [1.29, 1.82) is 0 Å². The molecule has 1 atom stereocenters. The fraction of sp³-hybridized carbons (Fsp3) is 0.500. The zero-order valence-electron chi connectivity index (χ0n) is 9.39. The van der Waals surface area contributed by atoms with Gasteiger partial charge in [0.25, 0.3) is 5.91 Å². The van der Waals surface area contributed by atoms with Crippen molar-refractivity contribution >= 4 is 17.5 Å². The number of amides is 1. The van der Waals surface area contributed by atoms with Gasteiger partial charge in [-0.05, 0) is 6.42 Å². The summed E-state index contributed by atoms with van der Waals surface area (Å²) < 4.78 is 4.76. The van der Waals surface area contributed by atoms with Crippen LogP contribution in [0.3, 0.4) is 0 Å². The number of rotatable bonds is 6. The maximum atomic E-state index is 11.5. The molecule has 0 aliphatic rings. The van der Waals surface area contributed by atoms with Crippen LogP contribution in [0.1, 0.15) is 16.9 Å². The van der Waals surface area contributed by atoms with Gasteiger partial charge in [0.2, 0.25) is 0 Å². The Balaban J connectivity index is 2.32. The molecule has 7 heteroatoms. The summed E-state index contributed by atoms with van der Waals surface area (Å²) in [5, 5.41) is 12.2. The normalized spacial score (nSPS) is 12.2. The molecule has 0 saturated carbocycles. The van der Waals surface area contributed by atoms with Gasteiger partial charge >= 0.3 is 0 Å². The number of hydrogen-bond acceptors (Lipinski definition) is 5. The van der Waals surface area contributed by atoms with E-state index in [-0.39, 0.29) is 23.4 Å². The third kappa shape index (κ3) is 5.08. The van der Waals surface area contributed by atoms with Crippen LogP contribution in [0.15, 0.2) is 12.4 Å². The van der Waals surface area contributed by atoms with E-state index < -0.39 is 6.10 Å². The van der Waals surface area contributed by atoms with E-state index in [0.717, 1.165) is 0 Å². The molecule has 0 aromatic carbocycles. The first-order valence-corrected chi connectivity index (χ1v) is 5.44. The summed E-state index contributed by atoms with van der Waals surface area (Å²) in [6, 6.07) is 0. The first kappa shape index (κ1) is 13.8. The van der Waals surface area contributed by atoms with Crippen molar-refractivity contribution in [2.45, 2.75) is 12.5 Å². The van der Waals surface area contributed by atoms with Crippen molar-refractivity contribution in [3.05, 3.63) is 23.2 Å². The van der Waals surface area contributed by atoms with Crippen LogP contribution in [0.25, 0.3) is 0 Å². The molecular weight excluding hydrogens is 246 g/mol. The Hall–Kier alpha value is -1.24. The zero-order valence-corrected chi connectivity index (χ0v) is 10.1. The number of aliphatic hydroxyl groups is 1. The lowest BCUT2D eigenvalue weighted by Crippen LogP contribution is -2.29. The lowest BCUT2D eigenvalue weighted by molar-refractivity contribution is 0.0587. The highest BCUT2D eigenvalue weighted by atomic mass is 35.5. The lowest BCUT2D eigenvalue weighted by atomic mass is 10.2. The molecule has 1 aromatic rings. The van der Waals surface area contributed by atoms with Gasteiger partial charge in [-0.2, -0.15) is 0 Å². The standard InChI is InChI=1S/C10H14ClN3O3/c1-17-6-7(15)2-3-12-10(16)8-4-14-9(11)5-13-8/h4-5,7,15H,2-3,6H2,1H3,(H,12,16). The first-order chi connectivity index (χ1) is 8.13. The minimum atomic E-state index is -0.586. The molecule has 1 unspecified atom stereocenters. The van der Waals surface area contributed by atoms with Crippen LogP contribution in [0.2, 0.25) is 5.15 Å². The van der Waals surface area contributed by atoms with Crippen LogP contribution < -0.4 is 5.32 Å². The van der Waals surface area contributed by atoms with E-state index in [4.69, 9.17) is 16.3 Å². The number of carbonyl (C=O) groups is 1. The van der Waals surface area contributed by atoms with Crippen LogP contribution >= 0.6 is 11.6 Å². The fourth-order valence-corrected chi connectivity index (χ4v) is 1.25. The quantitative estimate of drug-likeness (QED) is 0.765. The Morgan fingerprint density at radius 2 is 2.35 bits per heavy atom. The molecule has 0 bridgehead atoms. The number of nitrogens with zero attached hydrogens (tertiary/aromatic N) is 2. The minimum Gasteiger partial charge on any atom is -0.391 e. The van der Waals surface area contributed by atoms with Gasteiger partial charge in [0.1, 0.15) is 10.8 Å². The Bertz CT molecular complexity index is 358. The van der Waals surface area contributed by atoms with Crippen LogP contribution in [-0.2, 0) is 4.74 Å². The molecule has 1 amide bonds. The highest BCUT2D eigenvalue weighted by Crippen LogP contribution is 2.01. The summed E-state index contributed by atoms with van der Waals surface area (Å²) in [5.74, 6) is -0.348. The molecule has 0 saturated heterocycles. The SMILES string of the molecule is COCC(O)CCNC(=O)c1cnc(Cl)cn1. The molecule has 1 rings (SSSR count). The average molecular weight is 260 g/mol. The van der Waals surface area contributed by atoms with Crippen molar-refractivity contribution in [2.24, 2.45) is 0 Å². The van der Waals surface area contributed by atoms with Crippen molar-refractivity contribution in [1.82, 2.24) is 15.3 Å². The molecule has 1 aromatic heterocycles. The Morgan fingerprint density at radius 1 is 1.59 bits per heavy atom. The number of nitrogens with one attached hydrogen (secondary N) is 1. The van der Waals surface area contributed by atoms with Crippen molar-refractivity contribution in [2.75, 3.05) is 20.3 Å². The molecule has 6 nitrogen and oxygen atoms in total. The number of ether oxygens (including phenoxy) is 1. The Morgan fingerprint density at radius 3 is 2.94 bits per heavy atom. The Kier molecular flexibility index (Phi) is 5.82. The topological polar surface area (TPSA) is 84.3 Å². The van der Waals surface area contributed by atoms with Crippen LogP contribution in [0.5, 0.6) is 0 Å². The van der Waals surface area contributed by atoms with E-state index in [9.17, 15) is 9.90 Å². The monoisotopic (exact) mass is 259 g/mol. The fourth-order valence-electron chi connectivity index (χ4n) is 1.15. The van der Waals surface area contributed by atoms with E-state index >= 15 is 0 Å². The van der Waals surface area contributed by atoms with Gasteiger partial charge in [0.05, 0.1) is 25.1 Å². The average Bonchev–Trinajstić information content (AvgIpc) is 2.30. The van der Waals surface area contributed by atoms with Gasteiger partial charge in [-0.1, -0.05) is 11.6 Å². The number of aliphatic hydroxyl groups excluding tert-OH is 1.